The van der Waals surface area contributed by atoms with Crippen LogP contribution in [-0.4, -0.2) is 24.6 Å². The fourth-order valence-electron chi connectivity index (χ4n) is 2.07. The van der Waals surface area contributed by atoms with Crippen molar-refractivity contribution in [3.8, 4) is 11.8 Å². The molecule has 0 aliphatic carbocycles. The van der Waals surface area contributed by atoms with E-state index in [2.05, 4.69) is 5.32 Å². The first-order valence-corrected chi connectivity index (χ1v) is 7.99. The number of esters is 1. The van der Waals surface area contributed by atoms with Gasteiger partial charge in [-0.15, -0.1) is 0 Å². The Balaban J connectivity index is 1.86. The summed E-state index contributed by atoms with van der Waals surface area (Å²) in [6.45, 7) is 0.801. The number of nitriles is 1. The van der Waals surface area contributed by atoms with Gasteiger partial charge in [-0.2, -0.15) is 18.4 Å². The Kier molecular flexibility index (Phi) is 6.60. The molecule has 0 saturated heterocycles. The van der Waals surface area contributed by atoms with E-state index in [-0.39, 0.29) is 5.69 Å². The molecule has 1 atom stereocenters. The molecule has 0 aromatic heterocycles. The molecule has 2 aromatic rings. The normalized spacial score (nSPS) is 11.8. The van der Waals surface area contributed by atoms with Gasteiger partial charge in [0.15, 0.2) is 12.7 Å². The van der Waals surface area contributed by atoms with Crippen LogP contribution < -0.4 is 10.1 Å². The number of ether oxygens (including phenoxy) is 2. The van der Waals surface area contributed by atoms with Gasteiger partial charge < -0.3 is 14.8 Å². The molecule has 0 saturated carbocycles. The van der Waals surface area contributed by atoms with Crippen molar-refractivity contribution >= 4 is 17.6 Å². The Morgan fingerprint density at radius 1 is 1.18 bits per heavy atom. The molecule has 2 rings (SSSR count). The van der Waals surface area contributed by atoms with E-state index >= 15 is 0 Å². The molecular formula is C19H15F3N2O4. The Bertz CT molecular complexity index is 889. The molecule has 0 aliphatic heterocycles. The van der Waals surface area contributed by atoms with Crippen LogP contribution in [-0.2, 0) is 20.5 Å². The molecule has 28 heavy (non-hydrogen) atoms. The zero-order valence-corrected chi connectivity index (χ0v) is 14.6. The second-order valence-electron chi connectivity index (χ2n) is 5.62. The van der Waals surface area contributed by atoms with Crippen molar-refractivity contribution in [2.45, 2.75) is 19.2 Å². The van der Waals surface area contributed by atoms with Crippen molar-refractivity contribution in [1.29, 1.82) is 5.26 Å². The summed E-state index contributed by atoms with van der Waals surface area (Å²) in [7, 11) is 0. The maximum absolute atomic E-state index is 12.7. The van der Waals surface area contributed by atoms with Crippen LogP contribution in [0, 0.1) is 11.3 Å². The van der Waals surface area contributed by atoms with E-state index in [9.17, 15) is 22.8 Å². The van der Waals surface area contributed by atoms with Crippen LogP contribution in [0.1, 0.15) is 18.1 Å². The van der Waals surface area contributed by atoms with Gasteiger partial charge in [-0.05, 0) is 49.4 Å². The molecule has 2 aromatic carbocycles. The first-order chi connectivity index (χ1) is 13.2. The summed E-state index contributed by atoms with van der Waals surface area (Å²) in [6, 6.07) is 12.0. The molecule has 0 aliphatic rings. The van der Waals surface area contributed by atoms with Crippen molar-refractivity contribution in [2.24, 2.45) is 0 Å². The minimum Gasteiger partial charge on any atom is -0.482 e. The maximum atomic E-state index is 12.7. The third kappa shape index (κ3) is 6.02. The van der Waals surface area contributed by atoms with Gasteiger partial charge in [0.05, 0.1) is 17.2 Å². The van der Waals surface area contributed by atoms with E-state index < -0.39 is 36.3 Å². The summed E-state index contributed by atoms with van der Waals surface area (Å²) in [4.78, 5) is 23.8. The topological polar surface area (TPSA) is 88.4 Å². The van der Waals surface area contributed by atoms with Gasteiger partial charge in [-0.1, -0.05) is 6.07 Å². The average molecular weight is 392 g/mol. The van der Waals surface area contributed by atoms with Gasteiger partial charge >= 0.3 is 12.1 Å². The number of benzene rings is 2. The van der Waals surface area contributed by atoms with E-state index in [0.717, 1.165) is 18.2 Å². The third-order valence-electron chi connectivity index (χ3n) is 3.47. The molecule has 0 unspecified atom stereocenters. The summed E-state index contributed by atoms with van der Waals surface area (Å²) >= 11 is 0. The van der Waals surface area contributed by atoms with Crippen LogP contribution >= 0.6 is 0 Å². The quantitative estimate of drug-likeness (QED) is 0.760. The lowest BCUT2D eigenvalue weighted by atomic mass is 10.2. The highest BCUT2D eigenvalue weighted by atomic mass is 19.4. The number of nitrogens with one attached hydrogen (secondary N) is 1. The number of carbonyl (C=O) groups is 2. The Morgan fingerprint density at radius 2 is 1.86 bits per heavy atom. The molecule has 0 spiro atoms. The zero-order chi connectivity index (χ0) is 20.7. The molecule has 0 bridgehead atoms. The van der Waals surface area contributed by atoms with Gasteiger partial charge in [0, 0.05) is 5.69 Å². The van der Waals surface area contributed by atoms with Crippen LogP contribution in [0.25, 0.3) is 0 Å². The minimum atomic E-state index is -4.54. The number of nitrogens with zero attached hydrogens (tertiary/aromatic N) is 1. The van der Waals surface area contributed by atoms with Crippen LogP contribution in [0.3, 0.4) is 0 Å². The van der Waals surface area contributed by atoms with Crippen LogP contribution in [0.2, 0.25) is 0 Å². The number of rotatable bonds is 6. The Morgan fingerprint density at radius 3 is 2.46 bits per heavy atom. The molecule has 1 N–H and O–H groups in total. The summed E-state index contributed by atoms with van der Waals surface area (Å²) in [6.07, 6.45) is -5.78. The SMILES string of the molecule is C[C@@H](OC(=O)COc1ccc(C#N)cc1)C(=O)Nc1cccc(C(F)(F)F)c1. The predicted octanol–water partition coefficient (Wildman–Crippen LogP) is 3.53. The fourth-order valence-corrected chi connectivity index (χ4v) is 2.07. The monoisotopic (exact) mass is 392 g/mol. The molecule has 6 nitrogen and oxygen atoms in total. The second kappa shape index (κ2) is 8.90. The van der Waals surface area contributed by atoms with Gasteiger partial charge in [0.25, 0.3) is 5.91 Å². The van der Waals surface area contributed by atoms with E-state index in [1.165, 1.54) is 37.3 Å². The number of hydrogen-bond acceptors (Lipinski definition) is 5. The van der Waals surface area contributed by atoms with Crippen LogP contribution in [0.4, 0.5) is 18.9 Å². The van der Waals surface area contributed by atoms with Gasteiger partial charge in [0.1, 0.15) is 5.75 Å². The minimum absolute atomic E-state index is 0.0726. The average Bonchev–Trinajstić information content (AvgIpc) is 2.66. The smallest absolute Gasteiger partial charge is 0.416 e. The highest BCUT2D eigenvalue weighted by Gasteiger charge is 2.30. The molecule has 0 radical (unpaired) electrons. The largest absolute Gasteiger partial charge is 0.482 e. The number of carbonyl (C=O) groups excluding carboxylic acids is 2. The van der Waals surface area contributed by atoms with E-state index in [4.69, 9.17) is 14.7 Å². The van der Waals surface area contributed by atoms with Gasteiger partial charge in [0.2, 0.25) is 0 Å². The van der Waals surface area contributed by atoms with E-state index in [1.54, 1.807) is 0 Å². The second-order valence-corrected chi connectivity index (χ2v) is 5.62. The van der Waals surface area contributed by atoms with E-state index in [0.29, 0.717) is 11.3 Å². The predicted molar refractivity (Wildman–Crippen MR) is 92.3 cm³/mol. The summed E-state index contributed by atoms with van der Waals surface area (Å²) in [5, 5.41) is 11.0. The zero-order valence-electron chi connectivity index (χ0n) is 14.6. The summed E-state index contributed by atoms with van der Waals surface area (Å²) in [5.74, 6) is -1.29. The first-order valence-electron chi connectivity index (χ1n) is 7.99. The molecule has 0 fully saturated rings. The maximum Gasteiger partial charge on any atom is 0.416 e. The Labute approximate surface area is 158 Å². The fraction of sp³-hybridized carbons (Fsp3) is 0.211. The van der Waals surface area contributed by atoms with E-state index in [1.807, 2.05) is 6.07 Å². The number of amides is 1. The lowest BCUT2D eigenvalue weighted by Gasteiger charge is -2.15. The lowest BCUT2D eigenvalue weighted by molar-refractivity contribution is -0.155. The molecule has 0 heterocycles. The van der Waals surface area contributed by atoms with Crippen molar-refractivity contribution in [2.75, 3.05) is 11.9 Å². The Hall–Kier alpha value is -3.54. The molecule has 9 heteroatoms. The highest BCUT2D eigenvalue weighted by molar-refractivity contribution is 5.95. The summed E-state index contributed by atoms with van der Waals surface area (Å²) < 4.78 is 48.2. The van der Waals surface area contributed by atoms with Crippen LogP contribution in [0.5, 0.6) is 5.75 Å². The highest BCUT2D eigenvalue weighted by Crippen LogP contribution is 2.30. The third-order valence-corrected chi connectivity index (χ3v) is 3.47. The lowest BCUT2D eigenvalue weighted by Crippen LogP contribution is -2.31. The van der Waals surface area contributed by atoms with Gasteiger partial charge in [-0.25, -0.2) is 4.79 Å². The van der Waals surface area contributed by atoms with Crippen molar-refractivity contribution in [3.63, 3.8) is 0 Å². The van der Waals surface area contributed by atoms with Crippen molar-refractivity contribution in [1.82, 2.24) is 0 Å². The van der Waals surface area contributed by atoms with Crippen LogP contribution in [0.15, 0.2) is 48.5 Å². The first kappa shape index (κ1) is 20.8. The van der Waals surface area contributed by atoms with Crippen molar-refractivity contribution < 1.29 is 32.2 Å². The standard InChI is InChI=1S/C19H15F3N2O4/c1-12(18(26)24-15-4-2-3-14(9-15)19(20,21)22)28-17(25)11-27-16-7-5-13(10-23)6-8-16/h2-9,12H,11H2,1H3,(H,24,26)/t12-/m1/s1. The number of alkyl halides is 3. The molecule has 1 amide bonds. The van der Waals surface area contributed by atoms with Gasteiger partial charge in [-0.3, -0.25) is 4.79 Å². The summed E-state index contributed by atoms with van der Waals surface area (Å²) in [5.41, 5.74) is -0.558. The molecule has 146 valence electrons. The number of halogens is 3. The van der Waals surface area contributed by atoms with Crippen molar-refractivity contribution in [3.05, 3.63) is 59.7 Å². The number of hydrogen-bond donors (Lipinski definition) is 1. The number of anilines is 1. The molecular weight excluding hydrogens is 377 g/mol.